The molecule has 0 aliphatic carbocycles. The zero-order chi connectivity index (χ0) is 12.3. The van der Waals surface area contributed by atoms with Crippen molar-refractivity contribution in [3.05, 3.63) is 30.3 Å². The Balaban J connectivity index is 3.58. The second kappa shape index (κ2) is 4.61. The molecule has 0 heterocycles. The molecule has 0 fully saturated rings. The molecule has 0 aromatic heterocycles. The molecule has 1 rings (SSSR count). The Kier molecular flexibility index (Phi) is 3.65. The highest BCUT2D eigenvalue weighted by Gasteiger charge is 2.23. The summed E-state index contributed by atoms with van der Waals surface area (Å²) in [6, 6.07) is 4.99. The SMILES string of the molecule is C=Cc1cccc(S(=O)(=O)C(C)C)c1N=C. The van der Waals surface area contributed by atoms with Crippen LogP contribution in [0.5, 0.6) is 0 Å². The Bertz CT molecular complexity index is 516. The van der Waals surface area contributed by atoms with Crippen molar-refractivity contribution in [3.8, 4) is 0 Å². The average molecular weight is 237 g/mol. The fourth-order valence-corrected chi connectivity index (χ4v) is 2.58. The molecule has 0 radical (unpaired) electrons. The molecule has 0 unspecified atom stereocenters. The van der Waals surface area contributed by atoms with E-state index in [4.69, 9.17) is 0 Å². The smallest absolute Gasteiger partial charge is 0.182 e. The van der Waals surface area contributed by atoms with Crippen LogP contribution in [0.15, 0.2) is 34.7 Å². The Morgan fingerprint density at radius 2 is 2.00 bits per heavy atom. The summed E-state index contributed by atoms with van der Waals surface area (Å²) in [5, 5.41) is -0.479. The fraction of sp³-hybridized carbons (Fsp3) is 0.250. The van der Waals surface area contributed by atoms with Gasteiger partial charge >= 0.3 is 0 Å². The van der Waals surface area contributed by atoms with Crippen LogP contribution in [-0.2, 0) is 9.84 Å². The van der Waals surface area contributed by atoms with Gasteiger partial charge in [0.1, 0.15) is 0 Å². The van der Waals surface area contributed by atoms with E-state index in [1.165, 1.54) is 0 Å². The highest BCUT2D eigenvalue weighted by molar-refractivity contribution is 7.92. The topological polar surface area (TPSA) is 46.5 Å². The van der Waals surface area contributed by atoms with Gasteiger partial charge in [-0.2, -0.15) is 0 Å². The lowest BCUT2D eigenvalue weighted by Gasteiger charge is -2.11. The molecule has 1 aromatic rings. The number of sulfone groups is 1. The largest absolute Gasteiger partial charge is 0.263 e. The summed E-state index contributed by atoms with van der Waals surface area (Å²) in [5.74, 6) is 0. The highest BCUT2D eigenvalue weighted by atomic mass is 32.2. The maximum Gasteiger partial charge on any atom is 0.182 e. The third-order valence-corrected chi connectivity index (χ3v) is 4.52. The summed E-state index contributed by atoms with van der Waals surface area (Å²) in [5.41, 5.74) is 1.06. The van der Waals surface area contributed by atoms with Crippen LogP contribution in [0.4, 0.5) is 5.69 Å². The van der Waals surface area contributed by atoms with Gasteiger partial charge in [-0.1, -0.05) is 24.8 Å². The van der Waals surface area contributed by atoms with Crippen molar-refractivity contribution in [1.29, 1.82) is 0 Å². The maximum atomic E-state index is 12.1. The second-order valence-electron chi connectivity index (χ2n) is 3.65. The van der Waals surface area contributed by atoms with Crippen molar-refractivity contribution in [3.63, 3.8) is 0 Å². The van der Waals surface area contributed by atoms with E-state index < -0.39 is 15.1 Å². The third-order valence-electron chi connectivity index (χ3n) is 2.34. The Morgan fingerprint density at radius 1 is 1.38 bits per heavy atom. The molecule has 0 spiro atoms. The van der Waals surface area contributed by atoms with E-state index >= 15 is 0 Å². The van der Waals surface area contributed by atoms with Crippen molar-refractivity contribution < 1.29 is 8.42 Å². The Hall–Kier alpha value is -1.42. The van der Waals surface area contributed by atoms with Gasteiger partial charge in [-0.25, -0.2) is 8.42 Å². The van der Waals surface area contributed by atoms with E-state index in [0.29, 0.717) is 11.3 Å². The Morgan fingerprint density at radius 3 is 2.44 bits per heavy atom. The minimum Gasteiger partial charge on any atom is -0.263 e. The van der Waals surface area contributed by atoms with Gasteiger partial charge in [0.15, 0.2) is 9.84 Å². The van der Waals surface area contributed by atoms with Gasteiger partial charge < -0.3 is 0 Å². The van der Waals surface area contributed by atoms with Gasteiger partial charge in [-0.15, -0.1) is 0 Å². The lowest BCUT2D eigenvalue weighted by molar-refractivity contribution is 0.587. The van der Waals surface area contributed by atoms with E-state index in [9.17, 15) is 8.42 Å². The van der Waals surface area contributed by atoms with Crippen LogP contribution in [-0.4, -0.2) is 20.4 Å². The molecule has 16 heavy (non-hydrogen) atoms. The van der Waals surface area contributed by atoms with Crippen LogP contribution in [0.1, 0.15) is 19.4 Å². The minimum atomic E-state index is -3.33. The molecule has 0 bridgehead atoms. The quantitative estimate of drug-likeness (QED) is 0.756. The fourth-order valence-electron chi connectivity index (χ4n) is 1.36. The molecule has 0 saturated heterocycles. The predicted octanol–water partition coefficient (Wildman–Crippen LogP) is 2.84. The second-order valence-corrected chi connectivity index (χ2v) is 6.12. The number of hydrogen-bond acceptors (Lipinski definition) is 3. The summed E-state index contributed by atoms with van der Waals surface area (Å²) in [6.07, 6.45) is 1.57. The molecule has 86 valence electrons. The number of aliphatic imine (C=N–C) groups is 1. The highest BCUT2D eigenvalue weighted by Crippen LogP contribution is 2.31. The van der Waals surface area contributed by atoms with E-state index in [2.05, 4.69) is 18.3 Å². The van der Waals surface area contributed by atoms with Gasteiger partial charge in [-0.3, -0.25) is 4.99 Å². The number of hydrogen-bond donors (Lipinski definition) is 0. The van der Waals surface area contributed by atoms with Gasteiger partial charge in [0, 0.05) is 5.56 Å². The molecule has 1 aromatic carbocycles. The molecular formula is C12H15NO2S. The van der Waals surface area contributed by atoms with Crippen LogP contribution >= 0.6 is 0 Å². The maximum absolute atomic E-state index is 12.1. The molecule has 0 amide bonds. The summed E-state index contributed by atoms with van der Waals surface area (Å²) in [6.45, 7) is 10.3. The first-order chi connectivity index (χ1) is 7.45. The standard InChI is InChI=1S/C12H15NO2S/c1-5-10-7-6-8-11(12(10)13-4)16(14,15)9(2)3/h5-9H,1,4H2,2-3H3. The average Bonchev–Trinajstić information content (AvgIpc) is 2.27. The van der Waals surface area contributed by atoms with E-state index in [0.717, 1.165) is 0 Å². The molecule has 0 N–H and O–H groups in total. The molecule has 0 atom stereocenters. The zero-order valence-corrected chi connectivity index (χ0v) is 10.3. The first kappa shape index (κ1) is 12.6. The lowest BCUT2D eigenvalue weighted by Crippen LogP contribution is -2.14. The predicted molar refractivity (Wildman–Crippen MR) is 68.1 cm³/mol. The van der Waals surface area contributed by atoms with Gasteiger partial charge in [0.05, 0.1) is 15.8 Å². The van der Waals surface area contributed by atoms with Crippen LogP contribution in [0.2, 0.25) is 0 Å². The van der Waals surface area contributed by atoms with Crippen LogP contribution in [0, 0.1) is 0 Å². The van der Waals surface area contributed by atoms with E-state index in [-0.39, 0.29) is 4.90 Å². The zero-order valence-electron chi connectivity index (χ0n) is 9.47. The number of benzene rings is 1. The molecule has 3 nitrogen and oxygen atoms in total. The van der Waals surface area contributed by atoms with Crippen molar-refractivity contribution >= 4 is 28.3 Å². The normalized spacial score (nSPS) is 11.4. The van der Waals surface area contributed by atoms with Gasteiger partial charge in [0.25, 0.3) is 0 Å². The van der Waals surface area contributed by atoms with Crippen molar-refractivity contribution in [2.45, 2.75) is 24.0 Å². The van der Waals surface area contributed by atoms with E-state index in [1.54, 1.807) is 38.1 Å². The summed E-state index contributed by atoms with van der Waals surface area (Å²) < 4.78 is 24.1. The lowest BCUT2D eigenvalue weighted by atomic mass is 10.2. The summed E-state index contributed by atoms with van der Waals surface area (Å²) >= 11 is 0. The molecule has 0 aliphatic rings. The van der Waals surface area contributed by atoms with Crippen LogP contribution in [0.25, 0.3) is 6.08 Å². The van der Waals surface area contributed by atoms with Crippen LogP contribution in [0.3, 0.4) is 0 Å². The minimum absolute atomic E-state index is 0.218. The number of para-hydroxylation sites is 1. The van der Waals surface area contributed by atoms with Crippen molar-refractivity contribution in [2.75, 3.05) is 0 Å². The molecule has 0 saturated carbocycles. The Labute approximate surface area is 96.5 Å². The first-order valence-electron chi connectivity index (χ1n) is 4.91. The monoisotopic (exact) mass is 237 g/mol. The summed E-state index contributed by atoms with van der Waals surface area (Å²) in [7, 11) is -3.33. The third kappa shape index (κ3) is 2.07. The van der Waals surface area contributed by atoms with Gasteiger partial charge in [-0.05, 0) is 26.6 Å². The van der Waals surface area contributed by atoms with Crippen molar-refractivity contribution in [1.82, 2.24) is 0 Å². The van der Waals surface area contributed by atoms with Crippen LogP contribution < -0.4 is 0 Å². The first-order valence-corrected chi connectivity index (χ1v) is 6.45. The molecule has 0 aliphatic heterocycles. The van der Waals surface area contributed by atoms with Crippen molar-refractivity contribution in [2.24, 2.45) is 4.99 Å². The number of nitrogens with zero attached hydrogens (tertiary/aromatic N) is 1. The van der Waals surface area contributed by atoms with Gasteiger partial charge in [0.2, 0.25) is 0 Å². The van der Waals surface area contributed by atoms with E-state index in [1.807, 2.05) is 0 Å². The summed E-state index contributed by atoms with van der Waals surface area (Å²) in [4.78, 5) is 4.01. The molecular weight excluding hydrogens is 222 g/mol. The molecule has 4 heteroatoms. The number of rotatable bonds is 4.